The van der Waals surface area contributed by atoms with Crippen LogP contribution in [-0.4, -0.2) is 37.7 Å². The van der Waals surface area contributed by atoms with Gasteiger partial charge < -0.3 is 19.5 Å². The van der Waals surface area contributed by atoms with E-state index < -0.39 is 18.5 Å². The molecule has 0 saturated heterocycles. The number of hydrogen-bond donors (Lipinski definition) is 1. The summed E-state index contributed by atoms with van der Waals surface area (Å²) < 4.78 is 15.4. The molecule has 0 spiro atoms. The molecule has 0 atom stereocenters. The van der Waals surface area contributed by atoms with Gasteiger partial charge in [0.15, 0.2) is 12.3 Å². The minimum atomic E-state index is -0.647. The zero-order valence-corrected chi connectivity index (χ0v) is 16.2. The number of amides is 1. The normalized spacial score (nSPS) is 10.3. The lowest BCUT2D eigenvalue weighted by Gasteiger charge is -2.11. The van der Waals surface area contributed by atoms with E-state index in [1.165, 1.54) is 36.9 Å². The number of methoxy groups -OCH3 is 2. The first-order chi connectivity index (χ1) is 13.1. The molecule has 0 saturated carbocycles. The standard InChI is InChI=1S/C18H16N2O5S2/c1-23-11-5-6-12(14(8-11)24-2)19-16(21)9-25-18(22)13-10-27-17(20-13)15-4-3-7-26-15/h3-8,10H,9H2,1-2H3,(H,19,21). The van der Waals surface area contributed by atoms with Crippen LogP contribution in [0.15, 0.2) is 41.1 Å². The van der Waals surface area contributed by atoms with Crippen LogP contribution in [0.1, 0.15) is 10.5 Å². The third-order valence-electron chi connectivity index (χ3n) is 3.46. The Bertz CT molecular complexity index is 937. The van der Waals surface area contributed by atoms with E-state index in [0.29, 0.717) is 17.2 Å². The molecule has 0 aliphatic heterocycles. The van der Waals surface area contributed by atoms with Crippen molar-refractivity contribution in [1.82, 2.24) is 4.98 Å². The fraction of sp³-hybridized carbons (Fsp3) is 0.167. The maximum absolute atomic E-state index is 12.1. The van der Waals surface area contributed by atoms with Crippen LogP contribution in [0.25, 0.3) is 9.88 Å². The van der Waals surface area contributed by atoms with Crippen molar-refractivity contribution in [2.45, 2.75) is 0 Å². The van der Waals surface area contributed by atoms with Gasteiger partial charge in [0.2, 0.25) is 0 Å². The molecule has 2 aromatic heterocycles. The molecule has 0 fully saturated rings. The molecule has 1 amide bonds. The number of hydrogen-bond acceptors (Lipinski definition) is 8. The highest BCUT2D eigenvalue weighted by Gasteiger charge is 2.16. The average Bonchev–Trinajstić information content (AvgIpc) is 3.37. The van der Waals surface area contributed by atoms with Crippen molar-refractivity contribution in [2.24, 2.45) is 0 Å². The highest BCUT2D eigenvalue weighted by Crippen LogP contribution is 2.29. The summed E-state index contributed by atoms with van der Waals surface area (Å²) in [6, 6.07) is 8.81. The molecule has 1 N–H and O–H groups in total. The van der Waals surface area contributed by atoms with Gasteiger partial charge in [-0.3, -0.25) is 4.79 Å². The number of nitrogens with zero attached hydrogens (tertiary/aromatic N) is 1. The van der Waals surface area contributed by atoms with Gasteiger partial charge in [-0.25, -0.2) is 9.78 Å². The number of carbonyl (C=O) groups is 2. The third kappa shape index (κ3) is 4.63. The van der Waals surface area contributed by atoms with Crippen molar-refractivity contribution in [3.63, 3.8) is 0 Å². The minimum Gasteiger partial charge on any atom is -0.497 e. The summed E-state index contributed by atoms with van der Waals surface area (Å²) >= 11 is 2.89. The molecule has 0 radical (unpaired) electrons. The summed E-state index contributed by atoms with van der Waals surface area (Å²) in [6.07, 6.45) is 0. The monoisotopic (exact) mass is 404 g/mol. The number of rotatable bonds is 7. The molecule has 0 aliphatic rings. The van der Waals surface area contributed by atoms with Crippen LogP contribution in [0.3, 0.4) is 0 Å². The van der Waals surface area contributed by atoms with Crippen molar-refractivity contribution < 1.29 is 23.8 Å². The molecule has 3 aromatic rings. The van der Waals surface area contributed by atoms with E-state index in [1.807, 2.05) is 17.5 Å². The van der Waals surface area contributed by atoms with E-state index >= 15 is 0 Å². The van der Waals surface area contributed by atoms with Crippen molar-refractivity contribution in [1.29, 1.82) is 0 Å². The number of nitrogens with one attached hydrogen (secondary N) is 1. The van der Waals surface area contributed by atoms with Crippen LogP contribution < -0.4 is 14.8 Å². The summed E-state index contributed by atoms with van der Waals surface area (Å²) in [6.45, 7) is -0.431. The lowest BCUT2D eigenvalue weighted by Crippen LogP contribution is -2.21. The van der Waals surface area contributed by atoms with Gasteiger partial charge >= 0.3 is 5.97 Å². The summed E-state index contributed by atoms with van der Waals surface area (Å²) in [5, 5.41) is 6.92. The van der Waals surface area contributed by atoms with E-state index in [-0.39, 0.29) is 5.69 Å². The third-order valence-corrected chi connectivity index (χ3v) is 5.34. The zero-order valence-electron chi connectivity index (χ0n) is 14.6. The smallest absolute Gasteiger partial charge is 0.358 e. The van der Waals surface area contributed by atoms with Crippen LogP contribution in [0.2, 0.25) is 0 Å². The fourth-order valence-electron chi connectivity index (χ4n) is 2.17. The van der Waals surface area contributed by atoms with Crippen LogP contribution in [0.4, 0.5) is 5.69 Å². The number of aromatic nitrogens is 1. The van der Waals surface area contributed by atoms with Crippen LogP contribution >= 0.6 is 22.7 Å². The van der Waals surface area contributed by atoms with Crippen molar-refractivity contribution in [3.8, 4) is 21.4 Å². The fourth-order valence-corrected chi connectivity index (χ4v) is 3.78. The Hall–Kier alpha value is -2.91. The Kier molecular flexibility index (Phi) is 6.05. The highest BCUT2D eigenvalue weighted by molar-refractivity contribution is 7.20. The van der Waals surface area contributed by atoms with Crippen LogP contribution in [-0.2, 0) is 9.53 Å². The lowest BCUT2D eigenvalue weighted by atomic mass is 10.2. The SMILES string of the molecule is COc1ccc(NC(=O)COC(=O)c2csc(-c3cccs3)n2)c(OC)c1. The molecule has 27 heavy (non-hydrogen) atoms. The van der Waals surface area contributed by atoms with Crippen molar-refractivity contribution >= 4 is 40.2 Å². The molecular weight excluding hydrogens is 388 g/mol. The first-order valence-electron chi connectivity index (χ1n) is 7.79. The number of benzene rings is 1. The Morgan fingerprint density at radius 1 is 1.15 bits per heavy atom. The molecule has 0 unspecified atom stereocenters. The Morgan fingerprint density at radius 3 is 2.70 bits per heavy atom. The predicted molar refractivity (Wildman–Crippen MR) is 104 cm³/mol. The number of anilines is 1. The first-order valence-corrected chi connectivity index (χ1v) is 9.55. The van der Waals surface area contributed by atoms with E-state index in [1.54, 1.807) is 23.6 Å². The van der Waals surface area contributed by atoms with E-state index in [4.69, 9.17) is 14.2 Å². The van der Waals surface area contributed by atoms with Gasteiger partial charge in [-0.1, -0.05) is 6.07 Å². The molecule has 3 rings (SSSR count). The first kappa shape index (κ1) is 18.9. The molecule has 0 bridgehead atoms. The van der Waals surface area contributed by atoms with Gasteiger partial charge in [0.25, 0.3) is 5.91 Å². The van der Waals surface area contributed by atoms with Gasteiger partial charge in [0.05, 0.1) is 24.8 Å². The Morgan fingerprint density at radius 2 is 2.00 bits per heavy atom. The molecule has 0 aliphatic carbocycles. The van der Waals surface area contributed by atoms with E-state index in [9.17, 15) is 9.59 Å². The number of thiazole rings is 1. The molecular formula is C18H16N2O5S2. The van der Waals surface area contributed by atoms with E-state index in [0.717, 1.165) is 9.88 Å². The van der Waals surface area contributed by atoms with Crippen LogP contribution in [0.5, 0.6) is 11.5 Å². The second-order valence-electron chi connectivity index (χ2n) is 5.21. The minimum absolute atomic E-state index is 0.179. The second-order valence-corrected chi connectivity index (χ2v) is 7.01. The second kappa shape index (κ2) is 8.65. The molecule has 140 valence electrons. The van der Waals surface area contributed by atoms with Crippen molar-refractivity contribution in [3.05, 3.63) is 46.8 Å². The predicted octanol–water partition coefficient (Wildman–Crippen LogP) is 3.68. The summed E-state index contributed by atoms with van der Waals surface area (Å²) in [4.78, 5) is 29.4. The van der Waals surface area contributed by atoms with Crippen molar-refractivity contribution in [2.75, 3.05) is 26.1 Å². The lowest BCUT2D eigenvalue weighted by molar-refractivity contribution is -0.119. The highest BCUT2D eigenvalue weighted by atomic mass is 32.1. The van der Waals surface area contributed by atoms with Gasteiger partial charge in [0, 0.05) is 11.4 Å². The Balaban J connectivity index is 1.57. The maximum Gasteiger partial charge on any atom is 0.358 e. The van der Waals surface area contributed by atoms with Gasteiger partial charge in [-0.05, 0) is 23.6 Å². The van der Waals surface area contributed by atoms with E-state index in [2.05, 4.69) is 10.3 Å². The number of thiophene rings is 1. The average molecular weight is 404 g/mol. The number of ether oxygens (including phenoxy) is 3. The summed E-state index contributed by atoms with van der Waals surface area (Å²) in [7, 11) is 3.02. The van der Waals surface area contributed by atoms with Gasteiger partial charge in [-0.15, -0.1) is 22.7 Å². The largest absolute Gasteiger partial charge is 0.497 e. The number of carbonyl (C=O) groups excluding carboxylic acids is 2. The van der Waals surface area contributed by atoms with Gasteiger partial charge in [-0.2, -0.15) is 0 Å². The quantitative estimate of drug-likeness (QED) is 0.605. The zero-order chi connectivity index (χ0) is 19.2. The maximum atomic E-state index is 12.1. The molecule has 2 heterocycles. The topological polar surface area (TPSA) is 86.8 Å². The molecule has 1 aromatic carbocycles. The summed E-state index contributed by atoms with van der Waals surface area (Å²) in [5.41, 5.74) is 0.631. The number of esters is 1. The molecule has 7 nitrogen and oxygen atoms in total. The van der Waals surface area contributed by atoms with Gasteiger partial charge in [0.1, 0.15) is 16.5 Å². The molecule has 9 heteroatoms. The van der Waals surface area contributed by atoms with Crippen LogP contribution in [0, 0.1) is 0 Å². The summed E-state index contributed by atoms with van der Waals surface area (Å²) in [5.74, 6) is -0.0955. The Labute approximate surface area is 163 Å².